The lowest BCUT2D eigenvalue weighted by Gasteiger charge is -2.11. The predicted molar refractivity (Wildman–Crippen MR) is 133 cm³/mol. The van der Waals surface area contributed by atoms with Crippen molar-refractivity contribution in [1.29, 1.82) is 0 Å². The number of carbonyl (C=O) groups excluding carboxylic acids is 1. The molecule has 0 aliphatic carbocycles. The molecule has 34 heavy (non-hydrogen) atoms. The van der Waals surface area contributed by atoms with E-state index in [-0.39, 0.29) is 17.3 Å². The number of aromatic nitrogens is 3. The van der Waals surface area contributed by atoms with E-state index in [0.29, 0.717) is 33.8 Å². The number of hydrogen-bond donors (Lipinski definition) is 1. The first-order valence-electron chi connectivity index (χ1n) is 10.3. The number of amides is 1. The molecule has 8 nitrogen and oxygen atoms in total. The topological polar surface area (TPSA) is 103 Å². The maximum absolute atomic E-state index is 12.6. The Bertz CT molecular complexity index is 1330. The molecule has 0 spiro atoms. The summed E-state index contributed by atoms with van der Waals surface area (Å²) in [5.41, 5.74) is 3.07. The fraction of sp³-hybridized carbons (Fsp3) is 0.125. The summed E-state index contributed by atoms with van der Waals surface area (Å²) < 4.78 is 1.97. The summed E-state index contributed by atoms with van der Waals surface area (Å²) in [4.78, 5) is 23.1. The monoisotopic (exact) mass is 493 g/mol. The highest BCUT2D eigenvalue weighted by molar-refractivity contribution is 7.99. The third-order valence-corrected chi connectivity index (χ3v) is 6.25. The Morgan fingerprint density at radius 1 is 1.09 bits per heavy atom. The Balaban J connectivity index is 1.52. The van der Waals surface area contributed by atoms with Gasteiger partial charge in [0.2, 0.25) is 5.91 Å². The average molecular weight is 494 g/mol. The van der Waals surface area contributed by atoms with Crippen LogP contribution >= 0.6 is 23.4 Å². The maximum Gasteiger partial charge on any atom is 0.269 e. The van der Waals surface area contributed by atoms with Crippen molar-refractivity contribution in [2.24, 2.45) is 0 Å². The Morgan fingerprint density at radius 2 is 1.82 bits per heavy atom. The second-order valence-corrected chi connectivity index (χ2v) is 8.86. The van der Waals surface area contributed by atoms with Crippen molar-refractivity contribution in [1.82, 2.24) is 14.8 Å². The largest absolute Gasteiger partial charge is 0.325 e. The van der Waals surface area contributed by atoms with Crippen LogP contribution in [0.1, 0.15) is 11.1 Å². The molecule has 0 atom stereocenters. The number of carbonyl (C=O) groups is 1. The van der Waals surface area contributed by atoms with Gasteiger partial charge < -0.3 is 5.32 Å². The minimum absolute atomic E-state index is 0.0198. The zero-order valence-corrected chi connectivity index (χ0v) is 19.7. The van der Waals surface area contributed by atoms with Crippen LogP contribution in [0.25, 0.3) is 11.4 Å². The summed E-state index contributed by atoms with van der Waals surface area (Å²) in [5, 5.41) is 23.7. The lowest BCUT2D eigenvalue weighted by atomic mass is 10.2. The van der Waals surface area contributed by atoms with Crippen LogP contribution in [0.4, 0.5) is 11.4 Å². The molecular formula is C24H20ClN5O3S. The molecule has 10 heteroatoms. The van der Waals surface area contributed by atoms with Crippen LogP contribution in [-0.2, 0) is 11.3 Å². The van der Waals surface area contributed by atoms with Crippen molar-refractivity contribution in [2.45, 2.75) is 18.6 Å². The summed E-state index contributed by atoms with van der Waals surface area (Å²) in [6.45, 7) is 2.25. The van der Waals surface area contributed by atoms with Crippen molar-refractivity contribution in [3.8, 4) is 11.4 Å². The molecule has 172 valence electrons. The molecule has 1 aromatic heterocycles. The minimum atomic E-state index is -0.466. The van der Waals surface area contributed by atoms with Crippen LogP contribution < -0.4 is 5.32 Å². The van der Waals surface area contributed by atoms with Crippen LogP contribution in [-0.4, -0.2) is 31.3 Å². The molecule has 0 bridgehead atoms. The van der Waals surface area contributed by atoms with E-state index in [0.717, 1.165) is 11.1 Å². The number of nitro groups is 1. The first-order chi connectivity index (χ1) is 16.4. The van der Waals surface area contributed by atoms with Crippen molar-refractivity contribution in [3.63, 3.8) is 0 Å². The highest BCUT2D eigenvalue weighted by Gasteiger charge is 2.17. The van der Waals surface area contributed by atoms with E-state index in [4.69, 9.17) is 11.6 Å². The summed E-state index contributed by atoms with van der Waals surface area (Å²) in [6.07, 6.45) is 0. The fourth-order valence-electron chi connectivity index (χ4n) is 3.33. The van der Waals surface area contributed by atoms with E-state index < -0.39 is 4.92 Å². The highest BCUT2D eigenvalue weighted by atomic mass is 35.5. The molecule has 1 N–H and O–H groups in total. The predicted octanol–water partition coefficient (Wildman–Crippen LogP) is 5.59. The number of hydrogen-bond acceptors (Lipinski definition) is 6. The van der Waals surface area contributed by atoms with Gasteiger partial charge in [-0.15, -0.1) is 10.2 Å². The molecular weight excluding hydrogens is 474 g/mol. The molecule has 0 fully saturated rings. The van der Waals surface area contributed by atoms with Gasteiger partial charge in [-0.3, -0.25) is 19.5 Å². The van der Waals surface area contributed by atoms with Crippen LogP contribution in [0, 0.1) is 17.0 Å². The van der Waals surface area contributed by atoms with Gasteiger partial charge in [0.1, 0.15) is 0 Å². The lowest BCUT2D eigenvalue weighted by Crippen LogP contribution is -2.15. The van der Waals surface area contributed by atoms with Crippen LogP contribution in [0.2, 0.25) is 5.02 Å². The molecule has 0 saturated carbocycles. The van der Waals surface area contributed by atoms with Gasteiger partial charge in [0.25, 0.3) is 5.69 Å². The Kier molecular flexibility index (Phi) is 7.24. The lowest BCUT2D eigenvalue weighted by molar-refractivity contribution is -0.384. The number of rotatable bonds is 8. The number of nitrogens with one attached hydrogen (secondary N) is 1. The van der Waals surface area contributed by atoms with Gasteiger partial charge in [0, 0.05) is 28.4 Å². The zero-order chi connectivity index (χ0) is 24.1. The molecule has 0 saturated heterocycles. The molecule has 3 aromatic carbocycles. The van der Waals surface area contributed by atoms with E-state index in [9.17, 15) is 14.9 Å². The van der Waals surface area contributed by atoms with E-state index in [1.807, 2.05) is 47.0 Å². The van der Waals surface area contributed by atoms with Crippen molar-refractivity contribution < 1.29 is 9.72 Å². The van der Waals surface area contributed by atoms with Gasteiger partial charge in [-0.2, -0.15) is 0 Å². The fourth-order valence-corrected chi connectivity index (χ4v) is 4.20. The number of thioether (sulfide) groups is 1. The SMILES string of the molecule is Cc1cc([N+](=O)[O-])ccc1NC(=O)CSc1nnc(-c2ccc(Cl)cc2)n1Cc1ccccc1. The number of aryl methyl sites for hydroxylation is 1. The zero-order valence-electron chi connectivity index (χ0n) is 18.1. The second kappa shape index (κ2) is 10.5. The average Bonchev–Trinajstić information content (AvgIpc) is 3.22. The van der Waals surface area contributed by atoms with Crippen LogP contribution in [0.3, 0.4) is 0 Å². The Hall–Kier alpha value is -3.69. The number of benzene rings is 3. The van der Waals surface area contributed by atoms with E-state index in [1.54, 1.807) is 19.1 Å². The highest BCUT2D eigenvalue weighted by Crippen LogP contribution is 2.27. The van der Waals surface area contributed by atoms with E-state index in [2.05, 4.69) is 15.5 Å². The van der Waals surface area contributed by atoms with E-state index >= 15 is 0 Å². The minimum Gasteiger partial charge on any atom is -0.325 e. The Morgan fingerprint density at radius 3 is 2.50 bits per heavy atom. The van der Waals surface area contributed by atoms with Crippen LogP contribution in [0.5, 0.6) is 0 Å². The smallest absolute Gasteiger partial charge is 0.269 e. The maximum atomic E-state index is 12.6. The summed E-state index contributed by atoms with van der Waals surface area (Å²) in [7, 11) is 0. The van der Waals surface area contributed by atoms with Crippen LogP contribution in [0.15, 0.2) is 78.0 Å². The summed E-state index contributed by atoms with van der Waals surface area (Å²) in [6, 6.07) is 21.6. The third kappa shape index (κ3) is 5.62. The van der Waals surface area contributed by atoms with Crippen molar-refractivity contribution >= 4 is 40.6 Å². The number of non-ortho nitro benzene ring substituents is 1. The molecule has 0 radical (unpaired) electrons. The van der Waals surface area contributed by atoms with Gasteiger partial charge in [-0.25, -0.2) is 0 Å². The number of anilines is 1. The number of nitro benzene ring substituents is 1. The molecule has 1 amide bonds. The van der Waals surface area contributed by atoms with Gasteiger partial charge in [-0.05, 0) is 48.4 Å². The molecule has 4 aromatic rings. The van der Waals surface area contributed by atoms with Gasteiger partial charge in [0.15, 0.2) is 11.0 Å². The molecule has 4 rings (SSSR count). The van der Waals surface area contributed by atoms with E-state index in [1.165, 1.54) is 30.0 Å². The third-order valence-electron chi connectivity index (χ3n) is 5.03. The molecule has 0 aliphatic rings. The quantitative estimate of drug-likeness (QED) is 0.195. The molecule has 0 aliphatic heterocycles. The Labute approximate surface area is 205 Å². The molecule has 1 heterocycles. The first kappa shape index (κ1) is 23.5. The second-order valence-electron chi connectivity index (χ2n) is 7.48. The summed E-state index contributed by atoms with van der Waals surface area (Å²) in [5.74, 6) is 0.531. The summed E-state index contributed by atoms with van der Waals surface area (Å²) >= 11 is 7.30. The molecule has 0 unspecified atom stereocenters. The van der Waals surface area contributed by atoms with Crippen molar-refractivity contribution in [2.75, 3.05) is 11.1 Å². The number of nitrogens with zero attached hydrogens (tertiary/aromatic N) is 4. The van der Waals surface area contributed by atoms with Gasteiger partial charge in [0.05, 0.1) is 17.2 Å². The van der Waals surface area contributed by atoms with Gasteiger partial charge in [-0.1, -0.05) is 53.7 Å². The normalized spacial score (nSPS) is 10.8. The first-order valence-corrected chi connectivity index (χ1v) is 11.7. The standard InChI is InChI=1S/C24H20ClN5O3S/c1-16-13-20(30(32)33)11-12-21(16)26-22(31)15-34-24-28-27-23(18-7-9-19(25)10-8-18)29(24)14-17-5-3-2-4-6-17/h2-13H,14-15H2,1H3,(H,26,31). The van der Waals surface area contributed by atoms with Gasteiger partial charge >= 0.3 is 0 Å². The van der Waals surface area contributed by atoms with Crippen molar-refractivity contribution in [3.05, 3.63) is 99.1 Å². The number of halogens is 1.